The lowest BCUT2D eigenvalue weighted by Gasteiger charge is -2.21. The summed E-state index contributed by atoms with van der Waals surface area (Å²) in [6, 6.07) is 54.0. The third-order valence-electron chi connectivity index (χ3n) is 12.2. The first-order valence-corrected chi connectivity index (χ1v) is 19.0. The molecule has 11 rings (SSSR count). The molecule has 0 unspecified atom stereocenters. The molecular weight excluding hydrogens is 671 g/mol. The van der Waals surface area contributed by atoms with Gasteiger partial charge in [0.2, 0.25) is 0 Å². The van der Waals surface area contributed by atoms with Crippen molar-refractivity contribution in [2.75, 3.05) is 0 Å². The lowest BCUT2D eigenvalue weighted by molar-refractivity contribution is 0.660. The maximum absolute atomic E-state index is 6.62. The second kappa shape index (κ2) is 11.4. The molecule has 2 aliphatic carbocycles. The van der Waals surface area contributed by atoms with Crippen LogP contribution >= 0.6 is 0 Å². The molecule has 0 saturated carbocycles. The minimum Gasteiger partial charge on any atom is -0.456 e. The molecule has 2 aromatic heterocycles. The van der Waals surface area contributed by atoms with Gasteiger partial charge in [-0.05, 0) is 86.0 Å². The van der Waals surface area contributed by atoms with Crippen molar-refractivity contribution in [3.63, 3.8) is 0 Å². The highest BCUT2D eigenvalue weighted by atomic mass is 16.3. The highest BCUT2D eigenvalue weighted by Gasteiger charge is 2.36. The Balaban J connectivity index is 1.04. The predicted octanol–water partition coefficient (Wildman–Crippen LogP) is 13.1. The SMILES string of the molecule is CC1(C)c2ccccc2-c2cc(-c3nc(-c4ccccc4)nc(-c4ccc5c(c4)oc4cccc(-c6ccc7c(c6)-c6ccccc6C7(C)C)c45)n3)ccc21. The molecule has 262 valence electrons. The summed E-state index contributed by atoms with van der Waals surface area (Å²) in [6.07, 6.45) is 0. The van der Waals surface area contributed by atoms with E-state index in [-0.39, 0.29) is 10.8 Å². The molecular formula is C51H37N3O. The molecule has 0 spiro atoms. The van der Waals surface area contributed by atoms with Gasteiger partial charge in [-0.1, -0.05) is 149 Å². The first-order valence-electron chi connectivity index (χ1n) is 19.0. The maximum atomic E-state index is 6.62. The number of rotatable bonds is 4. The average Bonchev–Trinajstić information content (AvgIpc) is 3.80. The van der Waals surface area contributed by atoms with E-state index in [2.05, 4.69) is 149 Å². The van der Waals surface area contributed by atoms with Crippen LogP contribution in [0.5, 0.6) is 0 Å². The standard InChI is InChI=1S/C51H37N3O/c1-50(2)40-18-10-8-15-35(40)38-27-31(22-25-42(38)50)34-17-12-20-44-46(34)37-24-21-33(29-45(37)55-44)49-53-47(30-13-6-5-7-14-30)52-48(54-49)32-23-26-43-39(28-32)36-16-9-11-19-41(36)51(43,3)4/h5-29H,1-4H3. The molecule has 55 heavy (non-hydrogen) atoms. The van der Waals surface area contributed by atoms with Crippen molar-refractivity contribution in [2.45, 2.75) is 38.5 Å². The molecule has 4 heteroatoms. The van der Waals surface area contributed by atoms with E-state index in [1.54, 1.807) is 0 Å². The van der Waals surface area contributed by atoms with Gasteiger partial charge >= 0.3 is 0 Å². The van der Waals surface area contributed by atoms with Crippen molar-refractivity contribution in [3.8, 4) is 67.5 Å². The van der Waals surface area contributed by atoms with E-state index in [4.69, 9.17) is 19.4 Å². The summed E-state index contributed by atoms with van der Waals surface area (Å²) >= 11 is 0. The Labute approximate surface area is 320 Å². The van der Waals surface area contributed by atoms with Crippen molar-refractivity contribution >= 4 is 21.9 Å². The van der Waals surface area contributed by atoms with Crippen molar-refractivity contribution < 1.29 is 4.42 Å². The zero-order chi connectivity index (χ0) is 37.1. The van der Waals surface area contributed by atoms with Crippen LogP contribution in [-0.2, 0) is 10.8 Å². The number of hydrogen-bond acceptors (Lipinski definition) is 4. The summed E-state index contributed by atoms with van der Waals surface area (Å²) in [5, 5.41) is 2.17. The molecule has 9 aromatic rings. The van der Waals surface area contributed by atoms with Crippen LogP contribution in [0, 0.1) is 0 Å². The minimum absolute atomic E-state index is 0.0344. The minimum atomic E-state index is -0.0747. The number of furan rings is 1. The van der Waals surface area contributed by atoms with Gasteiger partial charge in [0.15, 0.2) is 17.5 Å². The van der Waals surface area contributed by atoms with E-state index in [0.29, 0.717) is 17.5 Å². The van der Waals surface area contributed by atoms with Crippen molar-refractivity contribution in [1.82, 2.24) is 15.0 Å². The third-order valence-corrected chi connectivity index (χ3v) is 12.2. The normalized spacial score (nSPS) is 14.5. The summed E-state index contributed by atoms with van der Waals surface area (Å²) in [6.45, 7) is 9.25. The molecule has 0 radical (unpaired) electrons. The quantitative estimate of drug-likeness (QED) is 0.183. The zero-order valence-corrected chi connectivity index (χ0v) is 31.2. The first kappa shape index (κ1) is 31.8. The van der Waals surface area contributed by atoms with E-state index >= 15 is 0 Å². The average molecular weight is 708 g/mol. The van der Waals surface area contributed by atoms with Crippen LogP contribution in [0.25, 0.3) is 89.5 Å². The molecule has 7 aromatic carbocycles. The predicted molar refractivity (Wildman–Crippen MR) is 224 cm³/mol. The molecule has 4 nitrogen and oxygen atoms in total. The molecule has 0 saturated heterocycles. The highest BCUT2D eigenvalue weighted by molar-refractivity contribution is 6.13. The Morgan fingerprint density at radius 1 is 0.364 bits per heavy atom. The van der Waals surface area contributed by atoms with Crippen molar-refractivity contribution in [2.24, 2.45) is 0 Å². The molecule has 0 aliphatic heterocycles. The molecule has 0 bridgehead atoms. The summed E-state index contributed by atoms with van der Waals surface area (Å²) < 4.78 is 6.62. The van der Waals surface area contributed by atoms with Gasteiger partial charge in [0, 0.05) is 38.3 Å². The number of hydrogen-bond donors (Lipinski definition) is 0. The monoisotopic (exact) mass is 707 g/mol. The van der Waals surface area contributed by atoms with E-state index in [1.165, 1.54) is 50.1 Å². The molecule has 2 aliphatic rings. The molecule has 0 N–H and O–H groups in total. The van der Waals surface area contributed by atoms with Crippen LogP contribution in [-0.4, -0.2) is 15.0 Å². The Kier molecular flexibility index (Phi) is 6.61. The fraction of sp³-hybridized carbons (Fsp3) is 0.118. The van der Waals surface area contributed by atoms with E-state index in [0.717, 1.165) is 44.2 Å². The van der Waals surface area contributed by atoms with Gasteiger partial charge in [-0.2, -0.15) is 0 Å². The number of nitrogens with zero attached hydrogens (tertiary/aromatic N) is 3. The Bertz CT molecular complexity index is 3040. The number of aromatic nitrogens is 3. The lowest BCUT2D eigenvalue weighted by atomic mass is 9.82. The second-order valence-electron chi connectivity index (χ2n) is 16.0. The summed E-state index contributed by atoms with van der Waals surface area (Å²) in [7, 11) is 0. The fourth-order valence-electron chi connectivity index (χ4n) is 9.30. The van der Waals surface area contributed by atoms with Gasteiger partial charge in [-0.15, -0.1) is 0 Å². The zero-order valence-electron chi connectivity index (χ0n) is 31.2. The van der Waals surface area contributed by atoms with Gasteiger partial charge in [-0.3, -0.25) is 0 Å². The van der Waals surface area contributed by atoms with Crippen LogP contribution in [0.1, 0.15) is 49.9 Å². The molecule has 0 atom stereocenters. The molecule has 0 amide bonds. The van der Waals surface area contributed by atoms with E-state index in [1.807, 2.05) is 30.3 Å². The van der Waals surface area contributed by atoms with Crippen LogP contribution < -0.4 is 0 Å². The highest BCUT2D eigenvalue weighted by Crippen LogP contribution is 2.51. The first-order chi connectivity index (χ1) is 26.8. The molecule has 0 fully saturated rings. The Hall–Kier alpha value is -6.65. The van der Waals surface area contributed by atoms with Crippen LogP contribution in [0.4, 0.5) is 0 Å². The third kappa shape index (κ3) is 4.67. The van der Waals surface area contributed by atoms with Gasteiger partial charge < -0.3 is 4.42 Å². The van der Waals surface area contributed by atoms with Gasteiger partial charge in [0.1, 0.15) is 11.2 Å². The van der Waals surface area contributed by atoms with Crippen LogP contribution in [0.2, 0.25) is 0 Å². The Morgan fingerprint density at radius 3 is 1.51 bits per heavy atom. The maximum Gasteiger partial charge on any atom is 0.164 e. The lowest BCUT2D eigenvalue weighted by Crippen LogP contribution is -2.14. The van der Waals surface area contributed by atoms with Gasteiger partial charge in [0.25, 0.3) is 0 Å². The summed E-state index contributed by atoms with van der Waals surface area (Å²) in [4.78, 5) is 15.3. The number of benzene rings is 7. The van der Waals surface area contributed by atoms with E-state index < -0.39 is 0 Å². The van der Waals surface area contributed by atoms with Crippen molar-refractivity contribution in [3.05, 3.63) is 174 Å². The topological polar surface area (TPSA) is 51.8 Å². The van der Waals surface area contributed by atoms with Gasteiger partial charge in [-0.25, -0.2) is 15.0 Å². The Morgan fingerprint density at radius 2 is 0.855 bits per heavy atom. The fourth-order valence-corrected chi connectivity index (χ4v) is 9.30. The second-order valence-corrected chi connectivity index (χ2v) is 16.0. The van der Waals surface area contributed by atoms with Crippen LogP contribution in [0.15, 0.2) is 156 Å². The largest absolute Gasteiger partial charge is 0.456 e. The smallest absolute Gasteiger partial charge is 0.164 e. The summed E-state index contributed by atoms with van der Waals surface area (Å²) in [5.74, 6) is 1.88. The van der Waals surface area contributed by atoms with Crippen LogP contribution in [0.3, 0.4) is 0 Å². The summed E-state index contributed by atoms with van der Waals surface area (Å²) in [5.41, 5.74) is 17.2. The number of fused-ring (bicyclic) bond motifs is 9. The van der Waals surface area contributed by atoms with Gasteiger partial charge in [0.05, 0.1) is 0 Å². The molecule has 2 heterocycles. The van der Waals surface area contributed by atoms with Crippen molar-refractivity contribution in [1.29, 1.82) is 0 Å². The van der Waals surface area contributed by atoms with E-state index in [9.17, 15) is 0 Å².